The second-order valence-corrected chi connectivity index (χ2v) is 7.01. The number of carbonyl (C=O) groups is 3. The zero-order valence-electron chi connectivity index (χ0n) is 15.4. The van der Waals surface area contributed by atoms with Crippen molar-refractivity contribution in [1.82, 2.24) is 20.5 Å². The van der Waals surface area contributed by atoms with E-state index in [1.54, 1.807) is 36.5 Å². The Balaban J connectivity index is 1.54. The molecule has 0 radical (unpaired) electrons. The zero-order valence-corrected chi connectivity index (χ0v) is 15.4. The number of carbonyl (C=O) groups excluding carboxylic acids is 3. The summed E-state index contributed by atoms with van der Waals surface area (Å²) in [6.07, 6.45) is 1.57. The summed E-state index contributed by atoms with van der Waals surface area (Å²) in [5.41, 5.74) is 0.133. The van der Waals surface area contributed by atoms with Crippen LogP contribution in [0.1, 0.15) is 21.7 Å². The minimum absolute atomic E-state index is 0.0831. The van der Waals surface area contributed by atoms with E-state index in [-0.39, 0.29) is 18.2 Å². The van der Waals surface area contributed by atoms with E-state index in [2.05, 4.69) is 15.6 Å². The van der Waals surface area contributed by atoms with Crippen molar-refractivity contribution in [3.8, 4) is 5.75 Å². The zero-order chi connectivity index (χ0) is 20.2. The van der Waals surface area contributed by atoms with Crippen molar-refractivity contribution in [3.63, 3.8) is 0 Å². The Morgan fingerprint density at radius 2 is 2.10 bits per heavy atom. The smallest absolute Gasteiger partial charge is 0.322 e. The quantitative estimate of drug-likeness (QED) is 0.651. The van der Waals surface area contributed by atoms with Gasteiger partial charge in [-0.2, -0.15) is 0 Å². The lowest BCUT2D eigenvalue weighted by Crippen LogP contribution is -2.52. The normalized spacial score (nSPS) is 20.7. The lowest BCUT2D eigenvalue weighted by atomic mass is 9.95. The van der Waals surface area contributed by atoms with Crippen LogP contribution in [0.15, 0.2) is 47.0 Å². The number of nitrogens with one attached hydrogen (secondary N) is 2. The number of pyridine rings is 1. The van der Waals surface area contributed by atoms with Crippen molar-refractivity contribution in [1.29, 1.82) is 0 Å². The van der Waals surface area contributed by atoms with Crippen LogP contribution >= 0.6 is 0 Å². The molecule has 9 heteroatoms. The van der Waals surface area contributed by atoms with E-state index in [0.717, 1.165) is 5.56 Å². The Labute approximate surface area is 164 Å². The van der Waals surface area contributed by atoms with Gasteiger partial charge in [-0.15, -0.1) is 0 Å². The summed E-state index contributed by atoms with van der Waals surface area (Å²) < 4.78 is 11.0. The first-order valence-electron chi connectivity index (χ1n) is 8.95. The lowest BCUT2D eigenvalue weighted by Gasteiger charge is -2.28. The van der Waals surface area contributed by atoms with Crippen LogP contribution < -0.4 is 15.4 Å². The molecule has 146 valence electrons. The van der Waals surface area contributed by atoms with Crippen LogP contribution in [0.2, 0.25) is 0 Å². The molecule has 0 spiro atoms. The molecule has 29 heavy (non-hydrogen) atoms. The van der Waals surface area contributed by atoms with Crippen LogP contribution in [0.5, 0.6) is 5.75 Å². The van der Waals surface area contributed by atoms with E-state index >= 15 is 0 Å². The highest BCUT2D eigenvalue weighted by Crippen LogP contribution is 2.34. The Morgan fingerprint density at radius 1 is 1.24 bits per heavy atom. The third kappa shape index (κ3) is 2.54. The van der Waals surface area contributed by atoms with E-state index in [1.165, 1.54) is 12.0 Å². The van der Waals surface area contributed by atoms with Crippen LogP contribution in [0, 0.1) is 0 Å². The molecule has 1 aromatic carbocycles. The summed E-state index contributed by atoms with van der Waals surface area (Å²) in [4.78, 5) is 43.4. The Morgan fingerprint density at radius 3 is 2.83 bits per heavy atom. The van der Waals surface area contributed by atoms with Gasteiger partial charge in [-0.25, -0.2) is 9.78 Å². The first-order valence-corrected chi connectivity index (χ1v) is 8.95. The molecular weight excluding hydrogens is 376 g/mol. The number of hydrogen-bond acceptors (Lipinski definition) is 6. The first kappa shape index (κ1) is 17.2. The van der Waals surface area contributed by atoms with Crippen LogP contribution in [-0.4, -0.2) is 41.4 Å². The highest BCUT2D eigenvalue weighted by molar-refractivity contribution is 6.08. The molecule has 9 nitrogen and oxygen atoms in total. The second-order valence-electron chi connectivity index (χ2n) is 7.01. The van der Waals surface area contributed by atoms with Gasteiger partial charge in [-0.1, -0.05) is 6.07 Å². The Hall–Kier alpha value is -3.88. The minimum atomic E-state index is -1.54. The van der Waals surface area contributed by atoms with Gasteiger partial charge in [-0.05, 0) is 35.9 Å². The number of furan rings is 1. The SMILES string of the molecule is COc1ccc2c(c1)C(=O)N(C[C@@]1(c3cc4cccnc4o3)NC(=O)NC1=O)C2. The number of imide groups is 1. The number of aromatic nitrogens is 1. The van der Waals surface area contributed by atoms with Gasteiger partial charge in [0.15, 0.2) is 5.54 Å². The predicted molar refractivity (Wildman–Crippen MR) is 100 cm³/mol. The summed E-state index contributed by atoms with van der Waals surface area (Å²) in [6, 6.07) is 9.82. The number of hydrogen-bond donors (Lipinski definition) is 2. The van der Waals surface area contributed by atoms with Crippen molar-refractivity contribution in [2.75, 3.05) is 13.7 Å². The van der Waals surface area contributed by atoms with Crippen molar-refractivity contribution in [2.24, 2.45) is 0 Å². The molecule has 1 atom stereocenters. The first-order chi connectivity index (χ1) is 14.0. The van der Waals surface area contributed by atoms with Crippen LogP contribution in [0.3, 0.4) is 0 Å². The van der Waals surface area contributed by atoms with E-state index in [0.29, 0.717) is 29.0 Å². The summed E-state index contributed by atoms with van der Waals surface area (Å²) >= 11 is 0. The topological polar surface area (TPSA) is 114 Å². The number of amides is 4. The molecule has 0 bridgehead atoms. The molecule has 1 fully saturated rings. The monoisotopic (exact) mass is 392 g/mol. The second kappa shape index (κ2) is 6.06. The number of methoxy groups -OCH3 is 1. The van der Waals surface area contributed by atoms with Gasteiger partial charge in [0.2, 0.25) is 5.71 Å². The molecule has 0 aliphatic carbocycles. The van der Waals surface area contributed by atoms with E-state index in [1.807, 2.05) is 6.07 Å². The van der Waals surface area contributed by atoms with Gasteiger partial charge in [0.25, 0.3) is 11.8 Å². The molecule has 1 saturated heterocycles. The largest absolute Gasteiger partial charge is 0.497 e. The minimum Gasteiger partial charge on any atom is -0.497 e. The predicted octanol–water partition coefficient (Wildman–Crippen LogP) is 1.53. The van der Waals surface area contributed by atoms with Crippen LogP contribution in [-0.2, 0) is 16.9 Å². The highest BCUT2D eigenvalue weighted by Gasteiger charge is 2.53. The summed E-state index contributed by atoms with van der Waals surface area (Å²) in [5, 5.41) is 5.59. The number of benzene rings is 1. The molecule has 2 aliphatic rings. The maximum absolute atomic E-state index is 13.0. The fraction of sp³-hybridized carbons (Fsp3) is 0.200. The molecular formula is C20H16N4O5. The average Bonchev–Trinajstić information content (AvgIpc) is 3.36. The van der Waals surface area contributed by atoms with Gasteiger partial charge in [-0.3, -0.25) is 14.9 Å². The fourth-order valence-corrected chi connectivity index (χ4v) is 3.82. The average molecular weight is 392 g/mol. The van der Waals surface area contributed by atoms with Gasteiger partial charge in [0.05, 0.1) is 13.7 Å². The van der Waals surface area contributed by atoms with E-state index in [9.17, 15) is 14.4 Å². The summed E-state index contributed by atoms with van der Waals surface area (Å²) in [7, 11) is 1.53. The number of rotatable bonds is 4. The van der Waals surface area contributed by atoms with Crippen LogP contribution in [0.4, 0.5) is 4.79 Å². The van der Waals surface area contributed by atoms with E-state index < -0.39 is 17.5 Å². The van der Waals surface area contributed by atoms with Crippen LogP contribution in [0.25, 0.3) is 11.1 Å². The lowest BCUT2D eigenvalue weighted by molar-refractivity contribution is -0.125. The number of nitrogens with zero attached hydrogens (tertiary/aromatic N) is 2. The highest BCUT2D eigenvalue weighted by atomic mass is 16.5. The Bertz CT molecular complexity index is 1150. The van der Waals surface area contributed by atoms with Gasteiger partial charge < -0.3 is 19.4 Å². The fourth-order valence-electron chi connectivity index (χ4n) is 3.82. The van der Waals surface area contributed by atoms with E-state index in [4.69, 9.17) is 9.15 Å². The maximum Gasteiger partial charge on any atom is 0.322 e. The summed E-state index contributed by atoms with van der Waals surface area (Å²) in [5.74, 6) is -0.0378. The van der Waals surface area contributed by atoms with Gasteiger partial charge in [0.1, 0.15) is 11.5 Å². The molecule has 5 rings (SSSR count). The van der Waals surface area contributed by atoms with Crippen molar-refractivity contribution in [2.45, 2.75) is 12.1 Å². The van der Waals surface area contributed by atoms with Crippen molar-refractivity contribution in [3.05, 3.63) is 59.5 Å². The molecule has 2 N–H and O–H groups in total. The molecule has 2 aliphatic heterocycles. The number of ether oxygens (including phenoxy) is 1. The third-order valence-electron chi connectivity index (χ3n) is 5.28. The molecule has 3 aromatic rings. The Kier molecular flexibility index (Phi) is 3.60. The van der Waals surface area contributed by atoms with Gasteiger partial charge >= 0.3 is 6.03 Å². The summed E-state index contributed by atoms with van der Waals surface area (Å²) in [6.45, 7) is 0.224. The van der Waals surface area contributed by atoms with Crippen molar-refractivity contribution >= 4 is 28.9 Å². The molecule has 0 saturated carbocycles. The number of fused-ring (bicyclic) bond motifs is 2. The molecule has 4 heterocycles. The van der Waals surface area contributed by atoms with Crippen molar-refractivity contribution < 1.29 is 23.5 Å². The van der Waals surface area contributed by atoms with Gasteiger partial charge in [0, 0.05) is 23.7 Å². The third-order valence-corrected chi connectivity index (χ3v) is 5.28. The maximum atomic E-state index is 13.0. The molecule has 4 amide bonds. The molecule has 2 aromatic heterocycles. The molecule has 0 unspecified atom stereocenters. The number of urea groups is 1. The standard InChI is InChI=1S/C20H16N4O5/c1-28-13-5-4-12-9-24(17(25)14(12)8-13)10-20(18(26)22-19(27)23-20)15-7-11-3-2-6-21-16(11)29-15/h2-8H,9-10H2,1H3,(H2,22,23,26,27)/t20-/m0/s1.